The summed E-state index contributed by atoms with van der Waals surface area (Å²) in [5.74, 6) is 2.57. The number of nitrogen functional groups attached to an aromatic ring is 1. The van der Waals surface area contributed by atoms with E-state index in [0.29, 0.717) is 23.7 Å². The minimum absolute atomic E-state index is 0.535. The average Bonchev–Trinajstić information content (AvgIpc) is 3.83. The number of aromatic nitrogens is 3. The zero-order valence-electron chi connectivity index (χ0n) is 29.3. The monoisotopic (exact) mass is 676 g/mol. The van der Waals surface area contributed by atoms with E-state index in [1.165, 1.54) is 49.6 Å². The number of fused-ring (bicyclic) bond motifs is 3. The molecular weight excluding hydrogens is 629 g/mol. The number of nitrogens with two attached hydrogens (primary N) is 1. The van der Waals surface area contributed by atoms with Crippen molar-refractivity contribution < 1.29 is 0 Å². The summed E-state index contributed by atoms with van der Waals surface area (Å²) in [6.07, 6.45) is 15.2. The van der Waals surface area contributed by atoms with Gasteiger partial charge in [0.05, 0.1) is 22.2 Å². The van der Waals surface area contributed by atoms with Gasteiger partial charge in [0.15, 0.2) is 0 Å². The summed E-state index contributed by atoms with van der Waals surface area (Å²) in [5, 5.41) is 6.95. The molecule has 8 heteroatoms. The third kappa shape index (κ3) is 9.19. The van der Waals surface area contributed by atoms with Crippen LogP contribution in [0, 0.1) is 23.7 Å². The van der Waals surface area contributed by atoms with Gasteiger partial charge in [0.1, 0.15) is 0 Å². The molecule has 0 radical (unpaired) electrons. The fourth-order valence-corrected chi connectivity index (χ4v) is 7.42. The molecule has 8 nitrogen and oxygen atoms in total. The third-order valence-electron chi connectivity index (χ3n) is 10.2. The number of benzene rings is 3. The SMILES string of the molecule is C=NCC1CCCC1C=Nc1ccnc2ccccc12.C=NCC1CCCC1CNc1ccnc2ccccc12.Nc1ccnc2ccccc12. The van der Waals surface area contributed by atoms with E-state index in [-0.39, 0.29) is 0 Å². The van der Waals surface area contributed by atoms with Crippen molar-refractivity contribution in [2.75, 3.05) is 30.7 Å². The minimum Gasteiger partial charge on any atom is -0.398 e. The zero-order chi connectivity index (χ0) is 35.3. The van der Waals surface area contributed by atoms with Crippen molar-refractivity contribution in [1.82, 2.24) is 15.0 Å². The lowest BCUT2D eigenvalue weighted by molar-refractivity contribution is 0.416. The number of anilines is 2. The molecule has 2 saturated carbocycles. The second-order valence-corrected chi connectivity index (χ2v) is 13.4. The van der Waals surface area contributed by atoms with E-state index >= 15 is 0 Å². The zero-order valence-corrected chi connectivity index (χ0v) is 29.3. The van der Waals surface area contributed by atoms with E-state index in [2.05, 4.69) is 80.2 Å². The quantitative estimate of drug-likeness (QED) is 0.148. The molecule has 0 saturated heterocycles. The van der Waals surface area contributed by atoms with Crippen molar-refractivity contribution in [2.45, 2.75) is 38.5 Å². The van der Waals surface area contributed by atoms with E-state index in [0.717, 1.165) is 58.3 Å². The summed E-state index contributed by atoms with van der Waals surface area (Å²) < 4.78 is 0. The lowest BCUT2D eigenvalue weighted by atomic mass is 9.96. The summed E-state index contributed by atoms with van der Waals surface area (Å²) in [6, 6.07) is 30.1. The Labute approximate surface area is 301 Å². The molecule has 6 aromatic rings. The van der Waals surface area contributed by atoms with Crippen molar-refractivity contribution in [1.29, 1.82) is 0 Å². The van der Waals surface area contributed by atoms with Gasteiger partial charge in [-0.05, 0) is 99.2 Å². The Morgan fingerprint density at radius 2 is 1.18 bits per heavy atom. The molecule has 4 atom stereocenters. The molecule has 0 amide bonds. The lowest BCUT2D eigenvalue weighted by Gasteiger charge is -2.19. The molecule has 4 unspecified atom stereocenters. The van der Waals surface area contributed by atoms with Gasteiger partial charge in [-0.2, -0.15) is 0 Å². The summed E-state index contributed by atoms with van der Waals surface area (Å²) in [6.45, 7) is 10.0. The summed E-state index contributed by atoms with van der Waals surface area (Å²) in [4.78, 5) is 25.8. The predicted octanol–water partition coefficient (Wildman–Crippen LogP) is 9.63. The molecule has 51 heavy (non-hydrogen) atoms. The van der Waals surface area contributed by atoms with Crippen LogP contribution in [0.1, 0.15) is 38.5 Å². The Morgan fingerprint density at radius 3 is 1.90 bits per heavy atom. The van der Waals surface area contributed by atoms with E-state index in [9.17, 15) is 0 Å². The first-order valence-corrected chi connectivity index (χ1v) is 18.0. The van der Waals surface area contributed by atoms with Crippen molar-refractivity contribution in [3.63, 3.8) is 0 Å². The smallest absolute Gasteiger partial charge is 0.0735 e. The van der Waals surface area contributed by atoms with Crippen LogP contribution in [-0.4, -0.2) is 54.2 Å². The highest BCUT2D eigenvalue weighted by molar-refractivity contribution is 5.92. The molecule has 260 valence electrons. The molecule has 8 rings (SSSR count). The average molecular weight is 677 g/mol. The Balaban J connectivity index is 0.000000138. The highest BCUT2D eigenvalue weighted by Gasteiger charge is 2.27. The number of nitrogens with zero attached hydrogens (tertiary/aromatic N) is 6. The van der Waals surface area contributed by atoms with E-state index in [1.807, 2.05) is 73.1 Å². The van der Waals surface area contributed by atoms with Gasteiger partial charge < -0.3 is 21.0 Å². The van der Waals surface area contributed by atoms with Gasteiger partial charge in [-0.3, -0.25) is 19.9 Å². The van der Waals surface area contributed by atoms with E-state index in [4.69, 9.17) is 10.7 Å². The number of nitrogens with one attached hydrogen (secondary N) is 1. The topological polar surface area (TPSA) is 114 Å². The molecule has 0 spiro atoms. The van der Waals surface area contributed by atoms with Crippen LogP contribution < -0.4 is 11.1 Å². The fourth-order valence-electron chi connectivity index (χ4n) is 7.42. The van der Waals surface area contributed by atoms with Crippen LogP contribution in [0.4, 0.5) is 17.1 Å². The number of rotatable bonds is 9. The number of para-hydroxylation sites is 3. The maximum Gasteiger partial charge on any atom is 0.0735 e. The fraction of sp³-hybridized carbons (Fsp3) is 0.302. The first-order chi connectivity index (χ1) is 25.1. The van der Waals surface area contributed by atoms with Gasteiger partial charge in [-0.1, -0.05) is 67.4 Å². The normalized spacial score (nSPS) is 19.7. The molecule has 2 fully saturated rings. The molecule has 2 aliphatic rings. The van der Waals surface area contributed by atoms with Gasteiger partial charge in [-0.25, -0.2) is 0 Å². The number of hydrogen-bond donors (Lipinski definition) is 2. The second kappa shape index (κ2) is 17.9. The number of pyridine rings is 3. The van der Waals surface area contributed by atoms with Crippen molar-refractivity contribution in [2.24, 2.45) is 38.6 Å². The Morgan fingerprint density at radius 1 is 0.627 bits per heavy atom. The van der Waals surface area contributed by atoms with Crippen molar-refractivity contribution in [3.8, 4) is 0 Å². The van der Waals surface area contributed by atoms with Gasteiger partial charge in [-0.15, -0.1) is 0 Å². The highest BCUT2D eigenvalue weighted by atomic mass is 14.9. The molecule has 3 heterocycles. The first kappa shape index (κ1) is 35.3. The van der Waals surface area contributed by atoms with Crippen LogP contribution in [0.15, 0.2) is 125 Å². The third-order valence-corrected chi connectivity index (χ3v) is 10.2. The maximum atomic E-state index is 5.72. The van der Waals surface area contributed by atoms with Crippen LogP contribution in [0.25, 0.3) is 32.7 Å². The van der Waals surface area contributed by atoms with Gasteiger partial charge in [0.25, 0.3) is 0 Å². The summed E-state index contributed by atoms with van der Waals surface area (Å²) >= 11 is 0. The van der Waals surface area contributed by atoms with Gasteiger partial charge >= 0.3 is 0 Å². The molecule has 0 bridgehead atoms. The summed E-state index contributed by atoms with van der Waals surface area (Å²) in [7, 11) is 0. The predicted molar refractivity (Wildman–Crippen MR) is 217 cm³/mol. The number of hydrogen-bond acceptors (Lipinski definition) is 8. The maximum absolute atomic E-state index is 5.72. The lowest BCUT2D eigenvalue weighted by Crippen LogP contribution is -2.20. The molecular formula is C43H48N8. The largest absolute Gasteiger partial charge is 0.398 e. The van der Waals surface area contributed by atoms with Crippen LogP contribution in [0.5, 0.6) is 0 Å². The van der Waals surface area contributed by atoms with Crippen molar-refractivity contribution >= 4 is 69.4 Å². The minimum atomic E-state index is 0.535. The number of aliphatic imine (C=N–C) groups is 3. The van der Waals surface area contributed by atoms with Gasteiger partial charge in [0, 0.05) is 72.0 Å². The van der Waals surface area contributed by atoms with Crippen molar-refractivity contribution in [3.05, 3.63) is 110 Å². The first-order valence-electron chi connectivity index (χ1n) is 18.0. The van der Waals surface area contributed by atoms with E-state index in [1.54, 1.807) is 6.20 Å². The Kier molecular flexibility index (Phi) is 12.4. The van der Waals surface area contributed by atoms with Crippen LogP contribution in [0.2, 0.25) is 0 Å². The van der Waals surface area contributed by atoms with Crippen LogP contribution in [0.3, 0.4) is 0 Å². The van der Waals surface area contributed by atoms with Gasteiger partial charge in [0.2, 0.25) is 0 Å². The molecule has 0 aliphatic heterocycles. The molecule has 3 aromatic heterocycles. The molecule has 3 aromatic carbocycles. The highest BCUT2D eigenvalue weighted by Crippen LogP contribution is 2.33. The van der Waals surface area contributed by atoms with Crippen LogP contribution in [-0.2, 0) is 0 Å². The Hall–Kier alpha value is -5.50. The van der Waals surface area contributed by atoms with Crippen LogP contribution >= 0.6 is 0 Å². The molecule has 3 N–H and O–H groups in total. The standard InChI is InChI=1S/C17H21N3.C17H19N3.C9H8N2/c2*1-18-11-13-5-4-6-14(13)12-20-17-9-10-19-16-8-3-2-7-15(16)17;10-8-5-6-11-9-4-2-1-3-7(8)9/h2-3,7-10,13-14H,1,4-6,11-12H2,(H,19,20);2-3,7-10,12-14H,1,4-6,11H2;1-6H,(H2,10,11). The van der Waals surface area contributed by atoms with E-state index < -0.39 is 0 Å². The second-order valence-electron chi connectivity index (χ2n) is 13.4. The Bertz CT molecular complexity index is 2060. The molecule has 2 aliphatic carbocycles. The summed E-state index contributed by atoms with van der Waals surface area (Å²) in [5.41, 5.74) is 11.7.